The Hall–Kier alpha value is -2.51. The van der Waals surface area contributed by atoms with Crippen LogP contribution in [0.5, 0.6) is 5.75 Å². The molecule has 0 bridgehead atoms. The minimum atomic E-state index is -4.73. The molecule has 0 saturated heterocycles. The van der Waals surface area contributed by atoms with E-state index >= 15 is 0 Å². The molecular formula is C13H11F3N2O3. The number of hydrogen-bond acceptors (Lipinski definition) is 4. The average Bonchev–Trinajstić information content (AvgIpc) is 2.82. The average molecular weight is 300 g/mol. The number of halogens is 3. The van der Waals surface area contributed by atoms with E-state index in [1.807, 2.05) is 0 Å². The van der Waals surface area contributed by atoms with Gasteiger partial charge in [0.15, 0.2) is 0 Å². The Labute approximate surface area is 117 Å². The van der Waals surface area contributed by atoms with Gasteiger partial charge in [-0.2, -0.15) is 5.10 Å². The highest BCUT2D eigenvalue weighted by atomic mass is 19.4. The highest BCUT2D eigenvalue weighted by Crippen LogP contribution is 2.22. The van der Waals surface area contributed by atoms with Gasteiger partial charge in [0.1, 0.15) is 12.4 Å². The van der Waals surface area contributed by atoms with Crippen molar-refractivity contribution in [1.82, 2.24) is 9.78 Å². The molecule has 0 N–H and O–H groups in total. The third-order valence-corrected chi connectivity index (χ3v) is 2.47. The maximum atomic E-state index is 12.0. The number of carbonyl (C=O) groups is 1. The summed E-state index contributed by atoms with van der Waals surface area (Å²) in [5.74, 6) is -0.886. The van der Waals surface area contributed by atoms with Crippen LogP contribution in [0.3, 0.4) is 0 Å². The van der Waals surface area contributed by atoms with Gasteiger partial charge in [0, 0.05) is 13.2 Å². The third kappa shape index (κ3) is 4.51. The van der Waals surface area contributed by atoms with Gasteiger partial charge < -0.3 is 9.47 Å². The maximum absolute atomic E-state index is 12.0. The monoisotopic (exact) mass is 300 g/mol. The number of benzene rings is 1. The molecule has 1 aromatic heterocycles. The number of rotatable bonds is 4. The Kier molecular flexibility index (Phi) is 4.15. The topological polar surface area (TPSA) is 53.4 Å². The Morgan fingerprint density at radius 3 is 2.48 bits per heavy atom. The Morgan fingerprint density at radius 2 is 1.95 bits per heavy atom. The molecule has 112 valence electrons. The molecule has 0 spiro atoms. The number of hydrogen-bond donors (Lipinski definition) is 0. The second kappa shape index (κ2) is 5.86. The Balaban J connectivity index is 1.90. The van der Waals surface area contributed by atoms with Crippen molar-refractivity contribution in [3.05, 3.63) is 47.8 Å². The molecule has 2 rings (SSSR count). The number of alkyl halides is 3. The lowest BCUT2D eigenvalue weighted by Crippen LogP contribution is -2.17. The van der Waals surface area contributed by atoms with Gasteiger partial charge in [-0.25, -0.2) is 4.79 Å². The van der Waals surface area contributed by atoms with Gasteiger partial charge >= 0.3 is 12.3 Å². The lowest BCUT2D eigenvalue weighted by Gasteiger charge is -2.09. The summed E-state index contributed by atoms with van der Waals surface area (Å²) in [4.78, 5) is 11.6. The van der Waals surface area contributed by atoms with Gasteiger partial charge in [-0.05, 0) is 17.7 Å². The number of ether oxygens (including phenoxy) is 2. The highest BCUT2D eigenvalue weighted by Gasteiger charge is 2.30. The van der Waals surface area contributed by atoms with E-state index < -0.39 is 12.3 Å². The van der Waals surface area contributed by atoms with E-state index in [1.54, 1.807) is 7.05 Å². The fraction of sp³-hybridized carbons (Fsp3) is 0.231. The van der Waals surface area contributed by atoms with Gasteiger partial charge in [0.05, 0.1) is 11.8 Å². The lowest BCUT2D eigenvalue weighted by atomic mass is 10.2. The maximum Gasteiger partial charge on any atom is 0.573 e. The Bertz CT molecular complexity index is 620. The lowest BCUT2D eigenvalue weighted by molar-refractivity contribution is -0.274. The van der Waals surface area contributed by atoms with Crippen molar-refractivity contribution in [2.45, 2.75) is 13.0 Å². The summed E-state index contributed by atoms with van der Waals surface area (Å²) in [6, 6.07) is 5.08. The van der Waals surface area contributed by atoms with Gasteiger partial charge in [0.2, 0.25) is 0 Å². The first-order chi connectivity index (χ1) is 9.83. The van der Waals surface area contributed by atoms with E-state index in [-0.39, 0.29) is 12.4 Å². The summed E-state index contributed by atoms with van der Waals surface area (Å²) in [5.41, 5.74) is 0.844. The summed E-state index contributed by atoms with van der Waals surface area (Å²) < 4.78 is 46.2. The van der Waals surface area contributed by atoms with E-state index in [1.165, 1.54) is 29.2 Å². The van der Waals surface area contributed by atoms with Crippen LogP contribution in [-0.2, 0) is 18.4 Å². The molecule has 1 aromatic carbocycles. The van der Waals surface area contributed by atoms with Crippen molar-refractivity contribution in [3.8, 4) is 5.75 Å². The van der Waals surface area contributed by atoms with Crippen LogP contribution >= 0.6 is 0 Å². The molecule has 0 amide bonds. The number of carbonyl (C=O) groups excluding carboxylic acids is 1. The summed E-state index contributed by atoms with van der Waals surface area (Å²) in [5, 5.41) is 3.83. The highest BCUT2D eigenvalue weighted by molar-refractivity contribution is 5.88. The first kappa shape index (κ1) is 14.9. The van der Waals surface area contributed by atoms with E-state index in [9.17, 15) is 18.0 Å². The molecule has 2 aromatic rings. The second-order valence-electron chi connectivity index (χ2n) is 4.17. The summed E-state index contributed by atoms with van der Waals surface area (Å²) in [6.07, 6.45) is -1.86. The van der Waals surface area contributed by atoms with Crippen LogP contribution in [0, 0.1) is 0 Å². The fourth-order valence-electron chi connectivity index (χ4n) is 1.55. The van der Waals surface area contributed by atoms with Gasteiger partial charge in [-0.1, -0.05) is 12.1 Å². The standard InChI is InChI=1S/C13H11F3N2O3/c1-18-7-10(6-17-18)12(19)20-8-9-2-4-11(5-3-9)21-13(14,15)16/h2-7H,8H2,1H3. The summed E-state index contributed by atoms with van der Waals surface area (Å²) >= 11 is 0. The zero-order valence-electron chi connectivity index (χ0n) is 10.9. The van der Waals surface area contributed by atoms with E-state index in [0.29, 0.717) is 11.1 Å². The Morgan fingerprint density at radius 1 is 1.29 bits per heavy atom. The van der Waals surface area contributed by atoms with Crippen LogP contribution in [0.1, 0.15) is 15.9 Å². The van der Waals surface area contributed by atoms with E-state index in [0.717, 1.165) is 12.1 Å². The third-order valence-electron chi connectivity index (χ3n) is 2.47. The van der Waals surface area contributed by atoms with Gasteiger partial charge in [-0.3, -0.25) is 4.68 Å². The molecule has 0 aliphatic carbocycles. The molecule has 0 aliphatic rings. The molecule has 8 heteroatoms. The predicted molar refractivity (Wildman–Crippen MR) is 65.5 cm³/mol. The van der Waals surface area contributed by atoms with Crippen molar-refractivity contribution in [2.24, 2.45) is 7.05 Å². The van der Waals surface area contributed by atoms with Crippen LogP contribution in [-0.4, -0.2) is 22.1 Å². The molecular weight excluding hydrogens is 289 g/mol. The molecule has 0 unspecified atom stereocenters. The van der Waals surface area contributed by atoms with Crippen molar-refractivity contribution in [3.63, 3.8) is 0 Å². The minimum absolute atomic E-state index is 0.0555. The minimum Gasteiger partial charge on any atom is -0.457 e. The van der Waals surface area contributed by atoms with Crippen molar-refractivity contribution in [1.29, 1.82) is 0 Å². The van der Waals surface area contributed by atoms with E-state index in [2.05, 4.69) is 9.84 Å². The molecule has 21 heavy (non-hydrogen) atoms. The fourth-order valence-corrected chi connectivity index (χ4v) is 1.55. The quantitative estimate of drug-likeness (QED) is 0.815. The first-order valence-corrected chi connectivity index (χ1v) is 5.84. The van der Waals surface area contributed by atoms with Gasteiger partial charge in [-0.15, -0.1) is 13.2 Å². The zero-order chi connectivity index (χ0) is 15.5. The van der Waals surface area contributed by atoms with Crippen molar-refractivity contribution in [2.75, 3.05) is 0 Å². The largest absolute Gasteiger partial charge is 0.573 e. The van der Waals surface area contributed by atoms with Crippen molar-refractivity contribution >= 4 is 5.97 Å². The molecule has 0 radical (unpaired) electrons. The van der Waals surface area contributed by atoms with Crippen LogP contribution in [0.2, 0.25) is 0 Å². The molecule has 0 saturated carbocycles. The summed E-state index contributed by atoms with van der Waals surface area (Å²) in [7, 11) is 1.66. The molecule has 0 fully saturated rings. The molecule has 5 nitrogen and oxygen atoms in total. The van der Waals surface area contributed by atoms with Crippen LogP contribution in [0.15, 0.2) is 36.7 Å². The number of nitrogens with zero attached hydrogens (tertiary/aromatic N) is 2. The van der Waals surface area contributed by atoms with Gasteiger partial charge in [0.25, 0.3) is 0 Å². The molecule has 0 aliphatic heterocycles. The first-order valence-electron chi connectivity index (χ1n) is 5.84. The second-order valence-corrected chi connectivity index (χ2v) is 4.17. The smallest absolute Gasteiger partial charge is 0.457 e. The number of aryl methyl sites for hydroxylation is 1. The molecule has 0 atom stereocenters. The summed E-state index contributed by atoms with van der Waals surface area (Å²) in [6.45, 7) is -0.0555. The number of esters is 1. The SMILES string of the molecule is Cn1cc(C(=O)OCc2ccc(OC(F)(F)F)cc2)cn1. The normalized spacial score (nSPS) is 11.2. The van der Waals surface area contributed by atoms with Crippen LogP contribution in [0.25, 0.3) is 0 Å². The van der Waals surface area contributed by atoms with Crippen LogP contribution < -0.4 is 4.74 Å². The predicted octanol–water partition coefficient (Wildman–Crippen LogP) is 2.68. The zero-order valence-corrected chi connectivity index (χ0v) is 10.9. The molecule has 1 heterocycles. The van der Waals surface area contributed by atoms with Crippen LogP contribution in [0.4, 0.5) is 13.2 Å². The number of aromatic nitrogens is 2. The van der Waals surface area contributed by atoms with E-state index in [4.69, 9.17) is 4.74 Å². The van der Waals surface area contributed by atoms with Crippen molar-refractivity contribution < 1.29 is 27.4 Å².